The summed E-state index contributed by atoms with van der Waals surface area (Å²) in [5.74, 6) is 0.284. The van der Waals surface area contributed by atoms with Crippen molar-refractivity contribution in [2.75, 3.05) is 19.6 Å². The molecule has 3 N–H and O–H groups in total. The van der Waals surface area contributed by atoms with E-state index in [1.54, 1.807) is 32.9 Å². The zero-order valence-electron chi connectivity index (χ0n) is 14.6. The van der Waals surface area contributed by atoms with Gasteiger partial charge in [0, 0.05) is 17.6 Å². The molecule has 0 aromatic heterocycles. The van der Waals surface area contributed by atoms with Crippen molar-refractivity contribution < 1.29 is 13.2 Å². The average Bonchev–Trinajstić information content (AvgIpc) is 2.51. The third-order valence-electron chi connectivity index (χ3n) is 3.82. The van der Waals surface area contributed by atoms with Crippen molar-refractivity contribution in [2.24, 2.45) is 5.92 Å². The monoisotopic (exact) mass is 353 g/mol. The predicted molar refractivity (Wildman–Crippen MR) is 94.4 cm³/mol. The van der Waals surface area contributed by atoms with Crippen LogP contribution in [-0.2, 0) is 10.0 Å². The van der Waals surface area contributed by atoms with Crippen LogP contribution >= 0.6 is 0 Å². The lowest BCUT2D eigenvalue weighted by atomic mass is 10.00. The number of carbonyl (C=O) groups is 1. The van der Waals surface area contributed by atoms with E-state index in [2.05, 4.69) is 15.4 Å². The normalized spacial score (nSPS) is 19.0. The van der Waals surface area contributed by atoms with Crippen LogP contribution in [0.2, 0.25) is 0 Å². The molecule has 2 rings (SSSR count). The number of sulfonamides is 1. The quantitative estimate of drug-likeness (QED) is 0.748. The lowest BCUT2D eigenvalue weighted by Crippen LogP contribution is -2.40. The first-order chi connectivity index (χ1) is 11.2. The number of hydrogen-bond acceptors (Lipinski definition) is 4. The second kappa shape index (κ2) is 7.63. The van der Waals surface area contributed by atoms with Crippen LogP contribution in [0.5, 0.6) is 0 Å². The van der Waals surface area contributed by atoms with Crippen molar-refractivity contribution in [3.8, 4) is 0 Å². The molecule has 0 radical (unpaired) electrons. The van der Waals surface area contributed by atoms with Crippen LogP contribution in [0, 0.1) is 5.92 Å². The highest BCUT2D eigenvalue weighted by molar-refractivity contribution is 7.89. The number of nitrogens with one attached hydrogen (secondary N) is 3. The summed E-state index contributed by atoms with van der Waals surface area (Å²) in [6.45, 7) is 7.96. The van der Waals surface area contributed by atoms with E-state index in [-0.39, 0.29) is 10.8 Å². The number of piperidine rings is 1. The summed E-state index contributed by atoms with van der Waals surface area (Å²) >= 11 is 0. The maximum atomic E-state index is 12.2. The van der Waals surface area contributed by atoms with Crippen molar-refractivity contribution >= 4 is 15.9 Å². The number of carbonyl (C=O) groups excluding carboxylic acids is 1. The van der Waals surface area contributed by atoms with Crippen LogP contribution in [0.4, 0.5) is 0 Å². The molecule has 1 atom stereocenters. The van der Waals surface area contributed by atoms with Crippen LogP contribution in [0.3, 0.4) is 0 Å². The van der Waals surface area contributed by atoms with Gasteiger partial charge in [0.25, 0.3) is 5.91 Å². The molecule has 1 fully saturated rings. The summed E-state index contributed by atoms with van der Waals surface area (Å²) in [5, 5.41) is 6.24. The van der Waals surface area contributed by atoms with Gasteiger partial charge in [-0.3, -0.25) is 4.79 Å². The molecule has 0 bridgehead atoms. The third kappa shape index (κ3) is 5.58. The van der Waals surface area contributed by atoms with Crippen molar-refractivity contribution in [1.82, 2.24) is 15.4 Å². The summed E-state index contributed by atoms with van der Waals surface area (Å²) in [4.78, 5) is 12.3. The van der Waals surface area contributed by atoms with Gasteiger partial charge in [0.2, 0.25) is 10.0 Å². The molecule has 1 aliphatic rings. The molecule has 1 saturated heterocycles. The molecule has 134 valence electrons. The zero-order chi connectivity index (χ0) is 17.8. The Hall–Kier alpha value is -1.44. The molecule has 0 aliphatic carbocycles. The van der Waals surface area contributed by atoms with Crippen LogP contribution in [0.25, 0.3) is 0 Å². The maximum Gasteiger partial charge on any atom is 0.251 e. The minimum Gasteiger partial charge on any atom is -0.352 e. The molecule has 1 aliphatic heterocycles. The summed E-state index contributed by atoms with van der Waals surface area (Å²) in [5.41, 5.74) is -0.0865. The number of hydrogen-bond donors (Lipinski definition) is 3. The molecular weight excluding hydrogens is 326 g/mol. The second-order valence-electron chi connectivity index (χ2n) is 7.30. The van der Waals surface area contributed by atoms with Crippen LogP contribution < -0.4 is 15.4 Å². The van der Waals surface area contributed by atoms with Gasteiger partial charge in [-0.15, -0.1) is 0 Å². The third-order valence-corrected chi connectivity index (χ3v) is 5.59. The fourth-order valence-electron chi connectivity index (χ4n) is 2.68. The van der Waals surface area contributed by atoms with Crippen LogP contribution in [-0.4, -0.2) is 39.5 Å². The lowest BCUT2D eigenvalue weighted by Gasteiger charge is -2.23. The molecule has 0 spiro atoms. The molecule has 1 unspecified atom stereocenters. The van der Waals surface area contributed by atoms with Gasteiger partial charge in [0.05, 0.1) is 4.90 Å². The van der Waals surface area contributed by atoms with Gasteiger partial charge in [-0.25, -0.2) is 13.1 Å². The van der Waals surface area contributed by atoms with Crippen molar-refractivity contribution in [1.29, 1.82) is 0 Å². The molecule has 1 aromatic rings. The van der Waals surface area contributed by atoms with Gasteiger partial charge in [-0.05, 0) is 76.9 Å². The van der Waals surface area contributed by atoms with E-state index in [0.717, 1.165) is 25.9 Å². The van der Waals surface area contributed by atoms with E-state index in [1.807, 2.05) is 0 Å². The molecule has 24 heavy (non-hydrogen) atoms. The molecular formula is C17H27N3O3S. The van der Waals surface area contributed by atoms with Gasteiger partial charge < -0.3 is 10.6 Å². The van der Waals surface area contributed by atoms with Gasteiger partial charge in [-0.2, -0.15) is 0 Å². The fourth-order valence-corrected chi connectivity index (χ4v) is 4.10. The van der Waals surface area contributed by atoms with Crippen molar-refractivity contribution in [2.45, 2.75) is 44.0 Å². The standard InChI is InChI=1S/C17H27N3O3S/c1-17(2,3)20-24(22,23)15-8-6-14(7-9-15)16(21)19-12-13-5-4-10-18-11-13/h6-9,13,18,20H,4-5,10-12H2,1-3H3,(H,19,21). The maximum absolute atomic E-state index is 12.2. The Morgan fingerprint density at radius 1 is 1.25 bits per heavy atom. The van der Waals surface area contributed by atoms with E-state index >= 15 is 0 Å². The second-order valence-corrected chi connectivity index (χ2v) is 8.98. The van der Waals surface area contributed by atoms with Gasteiger partial charge >= 0.3 is 0 Å². The molecule has 7 heteroatoms. The van der Waals surface area contributed by atoms with Gasteiger partial charge in [0.1, 0.15) is 0 Å². The van der Waals surface area contributed by atoms with Crippen molar-refractivity contribution in [3.05, 3.63) is 29.8 Å². The van der Waals surface area contributed by atoms with E-state index in [0.29, 0.717) is 18.0 Å². The molecule has 6 nitrogen and oxygen atoms in total. The highest BCUT2D eigenvalue weighted by Crippen LogP contribution is 2.14. The minimum atomic E-state index is -3.58. The van der Waals surface area contributed by atoms with E-state index in [1.165, 1.54) is 12.1 Å². The van der Waals surface area contributed by atoms with E-state index < -0.39 is 15.6 Å². The van der Waals surface area contributed by atoms with Crippen molar-refractivity contribution in [3.63, 3.8) is 0 Å². The highest BCUT2D eigenvalue weighted by atomic mass is 32.2. The first kappa shape index (κ1) is 18.9. The zero-order valence-corrected chi connectivity index (χ0v) is 15.4. The van der Waals surface area contributed by atoms with E-state index in [4.69, 9.17) is 0 Å². The summed E-state index contributed by atoms with van der Waals surface area (Å²) in [6, 6.07) is 6.02. The minimum absolute atomic E-state index is 0.158. The number of amides is 1. The molecule has 1 aromatic carbocycles. The Morgan fingerprint density at radius 3 is 2.46 bits per heavy atom. The summed E-state index contributed by atoms with van der Waals surface area (Å²) in [7, 11) is -3.58. The predicted octanol–water partition coefficient (Wildman–Crippen LogP) is 1.49. The summed E-state index contributed by atoms with van der Waals surface area (Å²) < 4.78 is 27.1. The Balaban J connectivity index is 1.96. The van der Waals surface area contributed by atoms with Gasteiger partial charge in [0.15, 0.2) is 0 Å². The van der Waals surface area contributed by atoms with E-state index in [9.17, 15) is 13.2 Å². The Kier molecular flexibility index (Phi) is 6.01. The molecule has 1 heterocycles. The Bertz CT molecular complexity index is 657. The molecule has 0 saturated carbocycles. The fraction of sp³-hybridized carbons (Fsp3) is 0.588. The number of rotatable bonds is 5. The first-order valence-corrected chi connectivity index (χ1v) is 9.79. The summed E-state index contributed by atoms with van der Waals surface area (Å²) in [6.07, 6.45) is 2.25. The topological polar surface area (TPSA) is 87.3 Å². The largest absolute Gasteiger partial charge is 0.352 e. The smallest absolute Gasteiger partial charge is 0.251 e. The average molecular weight is 353 g/mol. The lowest BCUT2D eigenvalue weighted by molar-refractivity contribution is 0.0944. The first-order valence-electron chi connectivity index (χ1n) is 8.30. The Labute approximate surface area is 144 Å². The Morgan fingerprint density at radius 2 is 1.92 bits per heavy atom. The number of benzene rings is 1. The van der Waals surface area contributed by atoms with Gasteiger partial charge in [-0.1, -0.05) is 0 Å². The highest BCUT2D eigenvalue weighted by Gasteiger charge is 2.22. The van der Waals surface area contributed by atoms with Crippen LogP contribution in [0.1, 0.15) is 44.0 Å². The SMILES string of the molecule is CC(C)(C)NS(=O)(=O)c1ccc(C(=O)NCC2CCCNC2)cc1. The molecule has 1 amide bonds. The van der Waals surface area contributed by atoms with Crippen LogP contribution in [0.15, 0.2) is 29.2 Å².